The highest BCUT2D eigenvalue weighted by atomic mass is 35.5. The third kappa shape index (κ3) is 8.20. The number of esters is 1. The van der Waals surface area contributed by atoms with Gasteiger partial charge >= 0.3 is 12.1 Å². The van der Waals surface area contributed by atoms with Crippen LogP contribution in [0.1, 0.15) is 71.2 Å². The summed E-state index contributed by atoms with van der Waals surface area (Å²) in [5, 5.41) is 0.155. The molecule has 1 aliphatic rings. The van der Waals surface area contributed by atoms with Crippen molar-refractivity contribution in [2.45, 2.75) is 72.0 Å². The summed E-state index contributed by atoms with van der Waals surface area (Å²) in [5.74, 6) is -0.921. The highest BCUT2D eigenvalue weighted by molar-refractivity contribution is 6.32. The zero-order chi connectivity index (χ0) is 23.4. The van der Waals surface area contributed by atoms with Crippen molar-refractivity contribution in [1.82, 2.24) is 4.90 Å². The first-order chi connectivity index (χ1) is 14.2. The summed E-state index contributed by atoms with van der Waals surface area (Å²) in [6, 6.07) is 2.35. The van der Waals surface area contributed by atoms with E-state index in [1.807, 2.05) is 20.8 Å². The fourth-order valence-electron chi connectivity index (χ4n) is 3.19. The van der Waals surface area contributed by atoms with Gasteiger partial charge in [-0.05, 0) is 72.8 Å². The Balaban J connectivity index is 1.83. The van der Waals surface area contributed by atoms with Gasteiger partial charge in [-0.2, -0.15) is 0 Å². The molecule has 1 fully saturated rings. The lowest BCUT2D eigenvalue weighted by Crippen LogP contribution is -2.41. The number of hydrogen-bond acceptors (Lipinski definition) is 5. The summed E-state index contributed by atoms with van der Waals surface area (Å²) >= 11 is 6.19. The normalized spacial score (nSPS) is 15.5. The number of nitrogens with zero attached hydrogens (tertiary/aromatic N) is 1. The second-order valence-corrected chi connectivity index (χ2v) is 10.2. The maximum absolute atomic E-state index is 14.4. The Morgan fingerprint density at radius 3 is 2.19 bits per heavy atom. The van der Waals surface area contributed by atoms with Gasteiger partial charge in [-0.3, -0.25) is 0 Å². The van der Waals surface area contributed by atoms with Crippen LogP contribution in [0.25, 0.3) is 0 Å². The van der Waals surface area contributed by atoms with E-state index in [1.54, 1.807) is 25.7 Å². The SMILES string of the molecule is CC(C)(C)OC(=O)c1cc(Cl)c(OCCC2CCN(C(=O)OC(C)(C)C)CC2)cc1F. The Labute approximate surface area is 189 Å². The van der Waals surface area contributed by atoms with Gasteiger partial charge in [-0.25, -0.2) is 14.0 Å². The van der Waals surface area contributed by atoms with Gasteiger partial charge in [0.1, 0.15) is 22.8 Å². The number of ether oxygens (including phenoxy) is 3. The average molecular weight is 458 g/mol. The lowest BCUT2D eigenvalue weighted by molar-refractivity contribution is 0.00636. The first kappa shape index (κ1) is 25.2. The molecule has 0 atom stereocenters. The number of likely N-dealkylation sites (tertiary alicyclic amines) is 1. The van der Waals surface area contributed by atoms with E-state index in [9.17, 15) is 14.0 Å². The molecule has 1 aromatic carbocycles. The molecule has 1 aromatic rings. The zero-order valence-electron chi connectivity index (χ0n) is 19.2. The molecule has 0 saturated carbocycles. The minimum atomic E-state index is -0.768. The largest absolute Gasteiger partial charge is 0.492 e. The molecule has 1 aliphatic heterocycles. The maximum Gasteiger partial charge on any atom is 0.410 e. The van der Waals surface area contributed by atoms with Crippen LogP contribution in [-0.4, -0.2) is 47.9 Å². The van der Waals surface area contributed by atoms with Gasteiger partial charge in [-0.1, -0.05) is 11.6 Å². The number of hydrogen-bond donors (Lipinski definition) is 0. The summed E-state index contributed by atoms with van der Waals surface area (Å²) in [4.78, 5) is 26.0. The van der Waals surface area contributed by atoms with Gasteiger partial charge in [-0.15, -0.1) is 0 Å². The molecule has 0 aromatic heterocycles. The monoisotopic (exact) mass is 457 g/mol. The predicted octanol–water partition coefficient (Wildman–Crippen LogP) is 5.85. The van der Waals surface area contributed by atoms with Crippen molar-refractivity contribution in [1.29, 1.82) is 0 Å². The maximum atomic E-state index is 14.4. The standard InChI is InChI=1S/C23H33ClFNO5/c1-22(2,3)30-20(27)16-13-17(24)19(14-18(16)25)29-12-9-15-7-10-26(11-8-15)21(28)31-23(4,5)6/h13-15H,7-12H2,1-6H3. The van der Waals surface area contributed by atoms with Crippen molar-refractivity contribution >= 4 is 23.7 Å². The Hall–Kier alpha value is -2.02. The molecule has 0 aliphatic carbocycles. The Bertz CT molecular complexity index is 792. The summed E-state index contributed by atoms with van der Waals surface area (Å²) < 4.78 is 30.7. The highest BCUT2D eigenvalue weighted by Crippen LogP contribution is 2.30. The van der Waals surface area contributed by atoms with Crippen LogP contribution in [-0.2, 0) is 9.47 Å². The van der Waals surface area contributed by atoms with E-state index < -0.39 is 23.0 Å². The van der Waals surface area contributed by atoms with Crippen LogP contribution < -0.4 is 4.74 Å². The van der Waals surface area contributed by atoms with E-state index in [1.165, 1.54) is 6.07 Å². The van der Waals surface area contributed by atoms with Crippen molar-refractivity contribution in [2.24, 2.45) is 5.92 Å². The molecule has 0 bridgehead atoms. The fourth-order valence-corrected chi connectivity index (χ4v) is 3.41. The first-order valence-electron chi connectivity index (χ1n) is 10.6. The first-order valence-corrected chi connectivity index (χ1v) is 11.0. The summed E-state index contributed by atoms with van der Waals surface area (Å²) in [5.41, 5.74) is -1.46. The van der Waals surface area contributed by atoms with E-state index in [0.717, 1.165) is 25.3 Å². The lowest BCUT2D eigenvalue weighted by Gasteiger charge is -2.33. The quantitative estimate of drug-likeness (QED) is 0.519. The van der Waals surface area contributed by atoms with Gasteiger partial charge < -0.3 is 19.1 Å². The molecule has 1 heterocycles. The van der Waals surface area contributed by atoms with E-state index in [0.29, 0.717) is 25.6 Å². The molecule has 0 N–H and O–H groups in total. The number of benzene rings is 1. The molecule has 31 heavy (non-hydrogen) atoms. The Morgan fingerprint density at radius 2 is 1.65 bits per heavy atom. The second kappa shape index (κ2) is 10.1. The molecule has 1 amide bonds. The van der Waals surface area contributed by atoms with Crippen LogP contribution >= 0.6 is 11.6 Å². The summed E-state index contributed by atoms with van der Waals surface area (Å²) in [6.07, 6.45) is 2.17. The van der Waals surface area contributed by atoms with Gasteiger partial charge in [0.25, 0.3) is 0 Å². The van der Waals surface area contributed by atoms with Gasteiger partial charge in [0, 0.05) is 19.2 Å². The molecular weight excluding hydrogens is 425 g/mol. The Morgan fingerprint density at radius 1 is 1.06 bits per heavy atom. The van der Waals surface area contributed by atoms with Crippen LogP contribution in [0.2, 0.25) is 5.02 Å². The number of rotatable bonds is 5. The highest BCUT2D eigenvalue weighted by Gasteiger charge is 2.27. The van der Waals surface area contributed by atoms with Gasteiger partial charge in [0.2, 0.25) is 0 Å². The topological polar surface area (TPSA) is 65.1 Å². The van der Waals surface area contributed by atoms with Crippen LogP contribution in [0, 0.1) is 11.7 Å². The van der Waals surface area contributed by atoms with Crippen molar-refractivity contribution in [2.75, 3.05) is 19.7 Å². The molecule has 0 radical (unpaired) electrons. The van der Waals surface area contributed by atoms with E-state index in [2.05, 4.69) is 0 Å². The summed E-state index contributed by atoms with van der Waals surface area (Å²) in [6.45, 7) is 12.3. The fraction of sp³-hybridized carbons (Fsp3) is 0.652. The minimum Gasteiger partial charge on any atom is -0.492 e. The van der Waals surface area contributed by atoms with E-state index >= 15 is 0 Å². The van der Waals surface area contributed by atoms with Crippen LogP contribution in [0.3, 0.4) is 0 Å². The summed E-state index contributed by atoms with van der Waals surface area (Å²) in [7, 11) is 0. The molecule has 8 heteroatoms. The zero-order valence-corrected chi connectivity index (χ0v) is 20.0. The van der Waals surface area contributed by atoms with Crippen molar-refractivity contribution < 1.29 is 28.2 Å². The molecule has 174 valence electrons. The third-order valence-electron chi connectivity index (χ3n) is 4.69. The Kier molecular flexibility index (Phi) is 8.20. The average Bonchev–Trinajstić information content (AvgIpc) is 2.62. The predicted molar refractivity (Wildman–Crippen MR) is 117 cm³/mol. The number of amides is 1. The van der Waals surface area contributed by atoms with Crippen molar-refractivity contribution in [3.05, 3.63) is 28.5 Å². The third-order valence-corrected chi connectivity index (χ3v) is 4.99. The van der Waals surface area contributed by atoms with E-state index in [-0.39, 0.29) is 22.4 Å². The second-order valence-electron chi connectivity index (χ2n) is 9.81. The van der Waals surface area contributed by atoms with Crippen molar-refractivity contribution in [3.63, 3.8) is 0 Å². The van der Waals surface area contributed by atoms with Gasteiger partial charge in [0.05, 0.1) is 17.2 Å². The van der Waals surface area contributed by atoms with Crippen molar-refractivity contribution in [3.8, 4) is 5.75 Å². The number of carbonyl (C=O) groups excluding carboxylic acids is 2. The van der Waals surface area contributed by atoms with Crippen LogP contribution in [0.5, 0.6) is 5.75 Å². The molecule has 6 nitrogen and oxygen atoms in total. The minimum absolute atomic E-state index is 0.155. The van der Waals surface area contributed by atoms with Crippen LogP contribution in [0.15, 0.2) is 12.1 Å². The molecule has 0 unspecified atom stereocenters. The van der Waals surface area contributed by atoms with Crippen LogP contribution in [0.4, 0.5) is 9.18 Å². The molecular formula is C23H33ClFNO5. The number of halogens is 2. The molecule has 0 spiro atoms. The van der Waals surface area contributed by atoms with Gasteiger partial charge in [0.15, 0.2) is 0 Å². The number of piperidine rings is 1. The molecule has 1 saturated heterocycles. The molecule has 2 rings (SSSR count). The van der Waals surface area contributed by atoms with E-state index in [4.69, 9.17) is 25.8 Å². The lowest BCUT2D eigenvalue weighted by atomic mass is 9.94. The smallest absolute Gasteiger partial charge is 0.410 e. The number of carbonyl (C=O) groups is 2.